The summed E-state index contributed by atoms with van der Waals surface area (Å²) in [5, 5.41) is 21.0. The van der Waals surface area contributed by atoms with Crippen molar-refractivity contribution in [3.63, 3.8) is 0 Å². The van der Waals surface area contributed by atoms with Crippen LogP contribution in [0.3, 0.4) is 0 Å². The van der Waals surface area contributed by atoms with Crippen molar-refractivity contribution in [1.82, 2.24) is 0 Å². The van der Waals surface area contributed by atoms with Crippen LogP contribution in [0.4, 0.5) is 0 Å². The molecule has 1 fully saturated rings. The number of aromatic carboxylic acids is 2. The minimum Gasteiger partial charge on any atom is -0.545 e. The summed E-state index contributed by atoms with van der Waals surface area (Å²) >= 11 is 2.11. The number of carbonyl (C=O) groups is 6. The number of carbonyl (C=O) groups excluding carboxylic acids is 6. The molecule has 9 rings (SSSR count). The minimum absolute atomic E-state index is 0. The summed E-state index contributed by atoms with van der Waals surface area (Å²) in [6.45, 7) is 7.93. The normalized spacial score (nSPS) is 14.8. The van der Waals surface area contributed by atoms with E-state index in [2.05, 4.69) is 22.6 Å². The maximum atomic E-state index is 12.6. The number of fused-ring (bicyclic) bond motifs is 6. The van der Waals surface area contributed by atoms with Gasteiger partial charge in [0.25, 0.3) is 0 Å². The Kier molecular flexibility index (Phi) is 15.4. The van der Waals surface area contributed by atoms with Crippen molar-refractivity contribution < 1.29 is 107 Å². The monoisotopic (exact) mass is 954 g/mol. The van der Waals surface area contributed by atoms with Crippen molar-refractivity contribution in [3.8, 4) is 33.4 Å². The number of Topliss-reactive ketones (excluding diaryl/α,β-unsaturated/α-hetero) is 4. The molecule has 62 heavy (non-hydrogen) atoms. The summed E-state index contributed by atoms with van der Waals surface area (Å²) in [5.74, 6) is -4.35. The smallest absolute Gasteiger partial charge is 0.545 e. The predicted molar refractivity (Wildman–Crippen MR) is 230 cm³/mol. The molecule has 6 aromatic carbocycles. The zero-order valence-electron chi connectivity index (χ0n) is 34.7. The molecule has 0 amide bonds. The van der Waals surface area contributed by atoms with Crippen LogP contribution in [0, 0.1) is 3.57 Å². The molecular formula is C48H34BINa2O10. The number of ketones is 4. The first-order valence-corrected chi connectivity index (χ1v) is 19.8. The van der Waals surface area contributed by atoms with Gasteiger partial charge in [0.15, 0.2) is 0 Å². The van der Waals surface area contributed by atoms with Crippen LogP contribution in [0.25, 0.3) is 33.4 Å². The van der Waals surface area contributed by atoms with Crippen LogP contribution in [0.5, 0.6) is 0 Å². The van der Waals surface area contributed by atoms with Gasteiger partial charge in [-0.15, -0.1) is 0 Å². The van der Waals surface area contributed by atoms with Gasteiger partial charge in [-0.1, -0.05) is 115 Å². The van der Waals surface area contributed by atoms with E-state index in [9.17, 15) is 39.0 Å². The van der Waals surface area contributed by atoms with Gasteiger partial charge in [-0.05, 0) is 118 Å². The number of rotatable bonds is 4. The maximum Gasteiger partial charge on any atom is 1.00 e. The van der Waals surface area contributed by atoms with Gasteiger partial charge in [0.2, 0.25) is 23.1 Å². The minimum atomic E-state index is -1.24. The van der Waals surface area contributed by atoms with E-state index in [0.717, 1.165) is 42.4 Å². The molecule has 1 saturated heterocycles. The Bertz CT molecular complexity index is 2750. The zero-order valence-corrected chi connectivity index (χ0v) is 40.9. The van der Waals surface area contributed by atoms with E-state index in [1.165, 1.54) is 24.3 Å². The third kappa shape index (κ3) is 9.74. The Morgan fingerprint density at radius 3 is 1.27 bits per heavy atom. The molecule has 0 bridgehead atoms. The van der Waals surface area contributed by atoms with Gasteiger partial charge in [-0.25, -0.2) is 0 Å². The fraction of sp³-hybridized carbons (Fsp3) is 0.125. The number of carboxylic acids is 2. The Labute approximate surface area is 416 Å². The molecule has 0 saturated carbocycles. The second-order valence-electron chi connectivity index (χ2n) is 15.2. The van der Waals surface area contributed by atoms with E-state index >= 15 is 0 Å². The van der Waals surface area contributed by atoms with E-state index in [-0.39, 0.29) is 70.2 Å². The van der Waals surface area contributed by atoms with Gasteiger partial charge < -0.3 is 29.1 Å². The Morgan fingerprint density at radius 1 is 0.468 bits per heavy atom. The molecule has 3 aliphatic rings. The molecule has 10 nitrogen and oxygen atoms in total. The van der Waals surface area contributed by atoms with Crippen molar-refractivity contribution in [3.05, 3.63) is 170 Å². The second kappa shape index (κ2) is 19.6. The average Bonchev–Trinajstić information content (AvgIpc) is 3.47. The molecule has 1 aliphatic heterocycles. The van der Waals surface area contributed by atoms with Gasteiger partial charge >= 0.3 is 66.2 Å². The quantitative estimate of drug-likeness (QED) is 0.138. The van der Waals surface area contributed by atoms with Crippen LogP contribution in [0.2, 0.25) is 0 Å². The summed E-state index contributed by atoms with van der Waals surface area (Å²) in [5.41, 5.74) is 6.35. The summed E-state index contributed by atoms with van der Waals surface area (Å²) in [7, 11) is -0.560. The van der Waals surface area contributed by atoms with Gasteiger partial charge in [-0.3, -0.25) is 19.2 Å². The molecule has 0 radical (unpaired) electrons. The largest absolute Gasteiger partial charge is 1.00 e. The zero-order chi connectivity index (χ0) is 43.1. The fourth-order valence-corrected chi connectivity index (χ4v) is 7.32. The van der Waals surface area contributed by atoms with Crippen molar-refractivity contribution in [2.24, 2.45) is 0 Å². The van der Waals surface area contributed by atoms with Gasteiger partial charge in [-0.2, -0.15) is 0 Å². The summed E-state index contributed by atoms with van der Waals surface area (Å²) in [6.07, 6.45) is 0. The first-order valence-electron chi connectivity index (χ1n) is 18.8. The first kappa shape index (κ1) is 48.7. The van der Waals surface area contributed by atoms with Crippen LogP contribution < -0.4 is 74.8 Å². The summed E-state index contributed by atoms with van der Waals surface area (Å²) in [6, 6.07) is 37.8. The van der Waals surface area contributed by atoms with E-state index in [0.29, 0.717) is 22.3 Å². The molecule has 6 aromatic rings. The number of hydrogen-bond donors (Lipinski definition) is 0. The third-order valence-corrected chi connectivity index (χ3v) is 11.7. The van der Waals surface area contributed by atoms with Crippen LogP contribution in [-0.2, 0) is 9.31 Å². The van der Waals surface area contributed by atoms with E-state index in [4.69, 9.17) is 9.31 Å². The fourth-order valence-electron chi connectivity index (χ4n) is 6.96. The van der Waals surface area contributed by atoms with Crippen molar-refractivity contribution in [2.75, 3.05) is 0 Å². The first-order chi connectivity index (χ1) is 28.5. The van der Waals surface area contributed by atoms with E-state index < -0.39 is 53.4 Å². The molecule has 1 heterocycles. The standard InChI is InChI=1S/C21H12O4.C20H19BO4.C7H5IO2.2Na/c22-19-17-4-2-1-3-15(17)16-10-9-14(11-18(16)20(19)23)12-5-7-13(8-6-12)21(24)25;1-19(2)20(3,4)25-21(24-19)12-9-10-14-13-7-5-6-8-15(13)17(22)18(23)16(14)11-12;8-6-3-1-5(2-4-6)7(9)10;;/h1-11H,(H,24,25);5-11H,1-4H3;1-4H,(H,9,10);;/q;;;2*+1/p-2. The van der Waals surface area contributed by atoms with Crippen LogP contribution in [0.15, 0.2) is 133 Å². The van der Waals surface area contributed by atoms with Crippen molar-refractivity contribution >= 4 is 70.2 Å². The Hall–Kier alpha value is -4.35. The van der Waals surface area contributed by atoms with Crippen LogP contribution in [-0.4, -0.2) is 53.4 Å². The Morgan fingerprint density at radius 2 is 0.823 bits per heavy atom. The molecule has 0 spiro atoms. The van der Waals surface area contributed by atoms with Gasteiger partial charge in [0.1, 0.15) is 0 Å². The molecule has 14 heteroatoms. The second-order valence-corrected chi connectivity index (χ2v) is 16.5. The predicted octanol–water partition coefficient (Wildman–Crippen LogP) is 0.458. The van der Waals surface area contributed by atoms with E-state index in [1.807, 2.05) is 76.2 Å². The van der Waals surface area contributed by atoms with Crippen molar-refractivity contribution in [2.45, 2.75) is 38.9 Å². The third-order valence-electron chi connectivity index (χ3n) is 10.9. The number of carboxylic acid groups (broad SMARTS) is 2. The Balaban J connectivity index is 0.000000188. The van der Waals surface area contributed by atoms with Crippen molar-refractivity contribution in [1.29, 1.82) is 0 Å². The molecule has 0 unspecified atom stereocenters. The molecular weight excluding hydrogens is 920 g/mol. The average molecular weight is 954 g/mol. The molecule has 2 aliphatic carbocycles. The van der Waals surface area contributed by atoms with Gasteiger partial charge in [0.05, 0.1) is 23.1 Å². The molecule has 0 aromatic heterocycles. The number of benzene rings is 6. The molecule has 0 N–H and O–H groups in total. The molecule has 298 valence electrons. The number of halogens is 1. The molecule has 0 atom stereocenters. The van der Waals surface area contributed by atoms with E-state index in [1.54, 1.807) is 60.7 Å². The SMILES string of the molecule is CC1(C)OB(c2ccc3c(c2)C(=O)C(=O)c2ccccc2-3)OC1(C)C.O=C([O-])c1ccc(-c2ccc3c(c2)C(=O)C(=O)c2ccccc2-3)cc1.O=C([O-])c1ccc(I)cc1.[Na+].[Na+]. The summed E-state index contributed by atoms with van der Waals surface area (Å²) < 4.78 is 13.1. The summed E-state index contributed by atoms with van der Waals surface area (Å²) in [4.78, 5) is 70.8. The maximum absolute atomic E-state index is 12.6. The number of hydrogen-bond acceptors (Lipinski definition) is 10. The topological polar surface area (TPSA) is 167 Å². The van der Waals surface area contributed by atoms with Gasteiger partial charge in [0, 0.05) is 25.8 Å². The van der Waals surface area contributed by atoms with Crippen LogP contribution in [0.1, 0.15) is 89.8 Å². The van der Waals surface area contributed by atoms with Crippen LogP contribution >= 0.6 is 22.6 Å².